The van der Waals surface area contributed by atoms with Gasteiger partial charge in [-0.15, -0.1) is 0 Å². The SMILES string of the molecule is CNCc1ccccc1.Fc1ccc2[nH]c3c(c2c1)CCCC3. The molecule has 0 radical (unpaired) electrons. The lowest BCUT2D eigenvalue weighted by Crippen LogP contribution is -2.04. The molecular formula is C20H23FN2. The molecule has 120 valence electrons. The van der Waals surface area contributed by atoms with Gasteiger partial charge in [0.1, 0.15) is 5.82 Å². The van der Waals surface area contributed by atoms with E-state index in [2.05, 4.69) is 22.4 Å². The molecule has 0 saturated heterocycles. The van der Waals surface area contributed by atoms with Gasteiger partial charge < -0.3 is 10.3 Å². The summed E-state index contributed by atoms with van der Waals surface area (Å²) in [5.74, 6) is -0.134. The third-order valence-electron chi connectivity index (χ3n) is 4.28. The van der Waals surface area contributed by atoms with E-state index < -0.39 is 0 Å². The minimum Gasteiger partial charge on any atom is -0.358 e. The third-order valence-corrected chi connectivity index (χ3v) is 4.28. The van der Waals surface area contributed by atoms with E-state index in [0.717, 1.165) is 30.3 Å². The zero-order valence-corrected chi connectivity index (χ0v) is 13.5. The van der Waals surface area contributed by atoms with Gasteiger partial charge in [-0.3, -0.25) is 0 Å². The number of rotatable bonds is 2. The van der Waals surface area contributed by atoms with Gasteiger partial charge in [-0.1, -0.05) is 30.3 Å². The Morgan fingerprint density at radius 2 is 1.83 bits per heavy atom. The van der Waals surface area contributed by atoms with Crippen LogP contribution in [0.1, 0.15) is 29.7 Å². The molecule has 1 heterocycles. The van der Waals surface area contributed by atoms with Gasteiger partial charge in [0.25, 0.3) is 0 Å². The number of aromatic nitrogens is 1. The van der Waals surface area contributed by atoms with E-state index in [1.165, 1.54) is 35.7 Å². The van der Waals surface area contributed by atoms with Gasteiger partial charge in [0, 0.05) is 23.1 Å². The van der Waals surface area contributed by atoms with Crippen LogP contribution < -0.4 is 5.32 Å². The number of hydrogen-bond acceptors (Lipinski definition) is 1. The molecule has 0 aliphatic heterocycles. The van der Waals surface area contributed by atoms with Crippen molar-refractivity contribution in [3.63, 3.8) is 0 Å². The van der Waals surface area contributed by atoms with Crippen LogP contribution in [0.2, 0.25) is 0 Å². The summed E-state index contributed by atoms with van der Waals surface area (Å²) in [4.78, 5) is 3.38. The average molecular weight is 310 g/mol. The lowest BCUT2D eigenvalue weighted by Gasteiger charge is -2.10. The standard InChI is InChI=1S/C12H12FN.C8H11N/c13-8-5-6-12-10(7-8)9-3-1-2-4-11(9)14-12;1-9-7-8-5-3-2-4-6-8/h5-7,14H,1-4H2;2-6,9H,7H2,1H3. The summed E-state index contributed by atoms with van der Waals surface area (Å²) in [5, 5.41) is 4.17. The Balaban J connectivity index is 0.000000151. The van der Waals surface area contributed by atoms with Gasteiger partial charge in [-0.25, -0.2) is 4.39 Å². The summed E-state index contributed by atoms with van der Waals surface area (Å²) in [6, 6.07) is 15.3. The lowest BCUT2D eigenvalue weighted by molar-refractivity contribution is 0.629. The monoisotopic (exact) mass is 310 g/mol. The Bertz CT molecular complexity index is 762. The predicted octanol–water partition coefficient (Wildman–Crippen LogP) is 4.59. The molecule has 1 aliphatic carbocycles. The minimum atomic E-state index is -0.134. The van der Waals surface area contributed by atoms with Crippen LogP contribution in [0.5, 0.6) is 0 Å². The summed E-state index contributed by atoms with van der Waals surface area (Å²) in [7, 11) is 1.95. The number of nitrogens with one attached hydrogen (secondary N) is 2. The van der Waals surface area contributed by atoms with Gasteiger partial charge in [-0.05, 0) is 62.1 Å². The van der Waals surface area contributed by atoms with Gasteiger partial charge in [0.05, 0.1) is 0 Å². The maximum absolute atomic E-state index is 13.1. The fourth-order valence-corrected chi connectivity index (χ4v) is 3.18. The number of hydrogen-bond donors (Lipinski definition) is 2. The van der Waals surface area contributed by atoms with Crippen LogP contribution in [0, 0.1) is 5.82 Å². The summed E-state index contributed by atoms with van der Waals surface area (Å²) < 4.78 is 13.1. The highest BCUT2D eigenvalue weighted by atomic mass is 19.1. The first kappa shape index (κ1) is 15.8. The highest BCUT2D eigenvalue weighted by molar-refractivity contribution is 5.84. The molecular weight excluding hydrogens is 287 g/mol. The number of fused-ring (bicyclic) bond motifs is 3. The van der Waals surface area contributed by atoms with E-state index in [0.29, 0.717) is 0 Å². The molecule has 0 fully saturated rings. The van der Waals surface area contributed by atoms with Crippen molar-refractivity contribution < 1.29 is 4.39 Å². The topological polar surface area (TPSA) is 27.8 Å². The zero-order chi connectivity index (χ0) is 16.1. The zero-order valence-electron chi connectivity index (χ0n) is 13.5. The van der Waals surface area contributed by atoms with Crippen molar-refractivity contribution in [1.29, 1.82) is 0 Å². The minimum absolute atomic E-state index is 0.134. The second-order valence-corrected chi connectivity index (χ2v) is 6.00. The van der Waals surface area contributed by atoms with Crippen molar-refractivity contribution in [1.82, 2.24) is 10.3 Å². The summed E-state index contributed by atoms with van der Waals surface area (Å²) in [5.41, 5.74) is 5.07. The van der Waals surface area contributed by atoms with E-state index in [-0.39, 0.29) is 5.82 Å². The molecule has 23 heavy (non-hydrogen) atoms. The van der Waals surface area contributed by atoms with Crippen LogP contribution in [0.3, 0.4) is 0 Å². The summed E-state index contributed by atoms with van der Waals surface area (Å²) in [6.07, 6.45) is 4.70. The smallest absolute Gasteiger partial charge is 0.123 e. The van der Waals surface area contributed by atoms with E-state index in [1.807, 2.05) is 31.3 Å². The van der Waals surface area contributed by atoms with Gasteiger partial charge in [0.2, 0.25) is 0 Å². The molecule has 3 aromatic rings. The van der Waals surface area contributed by atoms with Gasteiger partial charge in [-0.2, -0.15) is 0 Å². The lowest BCUT2D eigenvalue weighted by atomic mass is 9.96. The highest BCUT2D eigenvalue weighted by Gasteiger charge is 2.15. The molecule has 0 atom stereocenters. The van der Waals surface area contributed by atoms with E-state index in [1.54, 1.807) is 6.07 Å². The molecule has 0 bridgehead atoms. The second-order valence-electron chi connectivity index (χ2n) is 6.00. The number of aryl methyl sites for hydroxylation is 2. The first-order valence-electron chi connectivity index (χ1n) is 8.25. The van der Waals surface area contributed by atoms with Crippen LogP contribution >= 0.6 is 0 Å². The van der Waals surface area contributed by atoms with E-state index in [4.69, 9.17) is 0 Å². The van der Waals surface area contributed by atoms with Crippen LogP contribution in [0.25, 0.3) is 10.9 Å². The van der Waals surface area contributed by atoms with Crippen molar-refractivity contribution in [3.8, 4) is 0 Å². The normalized spacial score (nSPS) is 13.3. The predicted molar refractivity (Wildman–Crippen MR) is 94.1 cm³/mol. The first-order valence-corrected chi connectivity index (χ1v) is 8.25. The molecule has 4 rings (SSSR count). The van der Waals surface area contributed by atoms with Crippen molar-refractivity contribution >= 4 is 10.9 Å². The van der Waals surface area contributed by atoms with Crippen LogP contribution in [-0.2, 0) is 19.4 Å². The number of aromatic amines is 1. The van der Waals surface area contributed by atoms with Crippen LogP contribution in [0.4, 0.5) is 4.39 Å². The van der Waals surface area contributed by atoms with E-state index in [9.17, 15) is 4.39 Å². The van der Waals surface area contributed by atoms with Crippen LogP contribution in [0.15, 0.2) is 48.5 Å². The first-order chi connectivity index (χ1) is 11.3. The molecule has 2 nitrogen and oxygen atoms in total. The molecule has 2 N–H and O–H groups in total. The molecule has 1 aliphatic rings. The molecule has 3 heteroatoms. The number of halogens is 1. The number of benzene rings is 2. The Kier molecular flexibility index (Phi) is 5.09. The van der Waals surface area contributed by atoms with Crippen molar-refractivity contribution in [3.05, 3.63) is 71.2 Å². The molecule has 2 aromatic carbocycles. The number of H-pyrrole nitrogens is 1. The Morgan fingerprint density at radius 3 is 2.61 bits per heavy atom. The summed E-state index contributed by atoms with van der Waals surface area (Å²) in [6.45, 7) is 0.959. The Labute approximate surface area is 136 Å². The van der Waals surface area contributed by atoms with Crippen molar-refractivity contribution in [2.45, 2.75) is 32.2 Å². The molecule has 0 amide bonds. The van der Waals surface area contributed by atoms with Crippen molar-refractivity contribution in [2.24, 2.45) is 0 Å². The van der Waals surface area contributed by atoms with Gasteiger partial charge in [0.15, 0.2) is 0 Å². The molecule has 0 saturated carbocycles. The quantitative estimate of drug-likeness (QED) is 0.712. The Hall–Kier alpha value is -2.13. The summed E-state index contributed by atoms with van der Waals surface area (Å²) >= 11 is 0. The van der Waals surface area contributed by atoms with Crippen molar-refractivity contribution in [2.75, 3.05) is 7.05 Å². The third kappa shape index (κ3) is 3.80. The second kappa shape index (κ2) is 7.42. The average Bonchev–Trinajstić information content (AvgIpc) is 2.95. The molecule has 0 spiro atoms. The fourth-order valence-electron chi connectivity index (χ4n) is 3.18. The highest BCUT2D eigenvalue weighted by Crippen LogP contribution is 2.29. The largest absolute Gasteiger partial charge is 0.358 e. The molecule has 1 aromatic heterocycles. The fraction of sp³-hybridized carbons (Fsp3) is 0.300. The van der Waals surface area contributed by atoms with Crippen LogP contribution in [-0.4, -0.2) is 12.0 Å². The maximum atomic E-state index is 13.1. The van der Waals surface area contributed by atoms with Gasteiger partial charge >= 0.3 is 0 Å². The maximum Gasteiger partial charge on any atom is 0.123 e. The molecule has 0 unspecified atom stereocenters. The Morgan fingerprint density at radius 1 is 1.04 bits per heavy atom. The van der Waals surface area contributed by atoms with E-state index >= 15 is 0 Å².